The number of hydrogen-bond acceptors (Lipinski definition) is 3. The lowest BCUT2D eigenvalue weighted by Gasteiger charge is -2.29. The lowest BCUT2D eigenvalue weighted by atomic mass is 9.84. The summed E-state index contributed by atoms with van der Waals surface area (Å²) in [5.74, 6) is 0.767. The molecule has 0 bridgehead atoms. The number of halogens is 1. The van der Waals surface area contributed by atoms with Crippen molar-refractivity contribution in [2.24, 2.45) is 5.92 Å². The summed E-state index contributed by atoms with van der Waals surface area (Å²) in [7, 11) is 0. The lowest BCUT2D eigenvalue weighted by Crippen LogP contribution is -2.28. The highest BCUT2D eigenvalue weighted by Crippen LogP contribution is 2.32. The Bertz CT molecular complexity index is 355. The van der Waals surface area contributed by atoms with E-state index >= 15 is 0 Å². The van der Waals surface area contributed by atoms with Gasteiger partial charge in [-0.05, 0) is 41.6 Å². The van der Waals surface area contributed by atoms with E-state index in [2.05, 4.69) is 33.2 Å². The van der Waals surface area contributed by atoms with E-state index in [1.165, 1.54) is 32.1 Å². The molecule has 1 aromatic heterocycles. The summed E-state index contributed by atoms with van der Waals surface area (Å²) >= 11 is 3.49. The van der Waals surface area contributed by atoms with Gasteiger partial charge in [0.1, 0.15) is 0 Å². The van der Waals surface area contributed by atoms with Gasteiger partial charge >= 0.3 is 0 Å². The van der Waals surface area contributed by atoms with Gasteiger partial charge in [0, 0.05) is 12.2 Å². The van der Waals surface area contributed by atoms with E-state index in [9.17, 15) is 0 Å². The molecule has 1 aliphatic rings. The van der Waals surface area contributed by atoms with E-state index in [1.807, 2.05) is 0 Å². The molecule has 4 heteroatoms. The van der Waals surface area contributed by atoms with Gasteiger partial charge < -0.3 is 11.1 Å². The molecule has 1 aliphatic carbocycles. The van der Waals surface area contributed by atoms with Crippen LogP contribution in [0.4, 0.5) is 11.4 Å². The standard InChI is InChI=1S/C13H20BrN3/c1-9(10-5-3-2-4-6-10)17-13-11(14)7-16-8-12(13)15/h7-10H,2-6,15H2,1H3,(H,16,17). The molecule has 0 aromatic carbocycles. The van der Waals surface area contributed by atoms with Crippen molar-refractivity contribution in [1.82, 2.24) is 4.98 Å². The monoisotopic (exact) mass is 297 g/mol. The molecule has 3 N–H and O–H groups in total. The van der Waals surface area contributed by atoms with Gasteiger partial charge in [0.25, 0.3) is 0 Å². The van der Waals surface area contributed by atoms with Crippen LogP contribution in [0.3, 0.4) is 0 Å². The molecule has 1 saturated carbocycles. The fourth-order valence-electron chi connectivity index (χ4n) is 2.58. The number of rotatable bonds is 3. The van der Waals surface area contributed by atoms with Gasteiger partial charge in [-0.1, -0.05) is 19.3 Å². The van der Waals surface area contributed by atoms with Crippen LogP contribution >= 0.6 is 15.9 Å². The molecule has 94 valence electrons. The molecule has 1 aromatic rings. The SMILES string of the molecule is CC(Nc1c(N)cncc1Br)C1CCCCC1. The van der Waals surface area contributed by atoms with Gasteiger partial charge in [-0.2, -0.15) is 0 Å². The maximum Gasteiger partial charge on any atom is 0.0752 e. The van der Waals surface area contributed by atoms with Gasteiger partial charge in [0.15, 0.2) is 0 Å². The van der Waals surface area contributed by atoms with Crippen molar-refractivity contribution in [3.05, 3.63) is 16.9 Å². The Hall–Kier alpha value is -0.770. The zero-order valence-electron chi connectivity index (χ0n) is 10.2. The van der Waals surface area contributed by atoms with Gasteiger partial charge in [-0.25, -0.2) is 0 Å². The van der Waals surface area contributed by atoms with E-state index in [4.69, 9.17) is 5.73 Å². The van der Waals surface area contributed by atoms with Crippen molar-refractivity contribution in [2.75, 3.05) is 11.1 Å². The number of nitrogens with two attached hydrogens (primary N) is 1. The van der Waals surface area contributed by atoms with Gasteiger partial charge in [-0.3, -0.25) is 4.98 Å². The Morgan fingerprint density at radius 2 is 2.06 bits per heavy atom. The van der Waals surface area contributed by atoms with Crippen molar-refractivity contribution in [2.45, 2.75) is 45.1 Å². The van der Waals surface area contributed by atoms with Crippen LogP contribution in [0.25, 0.3) is 0 Å². The maximum absolute atomic E-state index is 5.94. The highest BCUT2D eigenvalue weighted by atomic mass is 79.9. The van der Waals surface area contributed by atoms with E-state index in [0.717, 1.165) is 16.1 Å². The number of hydrogen-bond donors (Lipinski definition) is 2. The molecular formula is C13H20BrN3. The molecule has 0 saturated heterocycles. The molecule has 0 amide bonds. The molecule has 1 heterocycles. The number of aromatic nitrogens is 1. The average molecular weight is 298 g/mol. The van der Waals surface area contributed by atoms with E-state index in [-0.39, 0.29) is 0 Å². The van der Waals surface area contributed by atoms with Crippen LogP contribution in [-0.2, 0) is 0 Å². The third-order valence-electron chi connectivity index (χ3n) is 3.66. The first-order valence-corrected chi connectivity index (χ1v) is 7.13. The molecule has 3 nitrogen and oxygen atoms in total. The van der Waals surface area contributed by atoms with Crippen LogP contribution in [0.15, 0.2) is 16.9 Å². The zero-order valence-corrected chi connectivity index (χ0v) is 11.8. The summed E-state index contributed by atoms with van der Waals surface area (Å²) in [4.78, 5) is 4.05. The molecule has 0 radical (unpaired) electrons. The number of pyridine rings is 1. The largest absolute Gasteiger partial charge is 0.396 e. The second-order valence-electron chi connectivity index (χ2n) is 4.92. The number of nitrogens with zero attached hydrogens (tertiary/aromatic N) is 1. The quantitative estimate of drug-likeness (QED) is 0.892. The number of anilines is 2. The summed E-state index contributed by atoms with van der Waals surface area (Å²) in [6, 6.07) is 0.469. The van der Waals surface area contributed by atoms with Crippen LogP contribution in [0.1, 0.15) is 39.0 Å². The lowest BCUT2D eigenvalue weighted by molar-refractivity contribution is 0.328. The molecule has 2 rings (SSSR count). The maximum atomic E-state index is 5.94. The Kier molecular flexibility index (Phi) is 4.26. The number of nitrogen functional groups attached to an aromatic ring is 1. The van der Waals surface area contributed by atoms with E-state index in [1.54, 1.807) is 12.4 Å². The number of nitrogens with one attached hydrogen (secondary N) is 1. The van der Waals surface area contributed by atoms with Crippen molar-refractivity contribution in [3.8, 4) is 0 Å². The van der Waals surface area contributed by atoms with Crippen molar-refractivity contribution >= 4 is 27.3 Å². The second-order valence-corrected chi connectivity index (χ2v) is 5.77. The zero-order chi connectivity index (χ0) is 12.3. The summed E-state index contributed by atoms with van der Waals surface area (Å²) in [6.07, 6.45) is 10.3. The van der Waals surface area contributed by atoms with E-state index < -0.39 is 0 Å². The minimum Gasteiger partial charge on any atom is -0.396 e. The minimum atomic E-state index is 0.469. The van der Waals surface area contributed by atoms with Gasteiger partial charge in [0.2, 0.25) is 0 Å². The first-order valence-electron chi connectivity index (χ1n) is 6.34. The smallest absolute Gasteiger partial charge is 0.0752 e. The predicted molar refractivity (Wildman–Crippen MR) is 76.0 cm³/mol. The average Bonchev–Trinajstić information content (AvgIpc) is 2.35. The van der Waals surface area contributed by atoms with E-state index in [0.29, 0.717) is 11.7 Å². The molecule has 0 aliphatic heterocycles. The van der Waals surface area contributed by atoms with Crippen LogP contribution in [0, 0.1) is 5.92 Å². The van der Waals surface area contributed by atoms with Crippen molar-refractivity contribution in [1.29, 1.82) is 0 Å². The molecule has 0 spiro atoms. The minimum absolute atomic E-state index is 0.469. The third kappa shape index (κ3) is 3.12. The Morgan fingerprint density at radius 1 is 1.35 bits per heavy atom. The van der Waals surface area contributed by atoms with Crippen LogP contribution < -0.4 is 11.1 Å². The fourth-order valence-corrected chi connectivity index (χ4v) is 3.04. The highest BCUT2D eigenvalue weighted by Gasteiger charge is 2.21. The van der Waals surface area contributed by atoms with Gasteiger partial charge in [-0.15, -0.1) is 0 Å². The highest BCUT2D eigenvalue weighted by molar-refractivity contribution is 9.10. The summed E-state index contributed by atoms with van der Waals surface area (Å²) in [6.45, 7) is 2.25. The fraction of sp³-hybridized carbons (Fsp3) is 0.615. The summed E-state index contributed by atoms with van der Waals surface area (Å²) < 4.78 is 0.945. The Morgan fingerprint density at radius 3 is 2.71 bits per heavy atom. The van der Waals surface area contributed by atoms with Crippen molar-refractivity contribution < 1.29 is 0 Å². The normalized spacial score (nSPS) is 18.9. The molecule has 1 atom stereocenters. The van der Waals surface area contributed by atoms with Crippen LogP contribution in [0.5, 0.6) is 0 Å². The van der Waals surface area contributed by atoms with Crippen molar-refractivity contribution in [3.63, 3.8) is 0 Å². The predicted octanol–water partition coefficient (Wildman–Crippen LogP) is 3.81. The first-order chi connectivity index (χ1) is 8.18. The second kappa shape index (κ2) is 5.71. The third-order valence-corrected chi connectivity index (χ3v) is 4.26. The topological polar surface area (TPSA) is 50.9 Å². The first kappa shape index (κ1) is 12.7. The molecule has 1 unspecified atom stereocenters. The summed E-state index contributed by atoms with van der Waals surface area (Å²) in [5.41, 5.74) is 7.64. The van der Waals surface area contributed by atoms with Crippen LogP contribution in [0.2, 0.25) is 0 Å². The van der Waals surface area contributed by atoms with Gasteiger partial charge in [0.05, 0.1) is 22.0 Å². The molecule has 17 heavy (non-hydrogen) atoms. The molecular weight excluding hydrogens is 278 g/mol. The molecule has 1 fully saturated rings. The summed E-state index contributed by atoms with van der Waals surface area (Å²) in [5, 5.41) is 3.54. The van der Waals surface area contributed by atoms with Crippen LogP contribution in [-0.4, -0.2) is 11.0 Å². The Balaban J connectivity index is 2.04. The Labute approximate surface area is 111 Å².